The molecule has 3 aromatic heterocycles. The summed E-state index contributed by atoms with van der Waals surface area (Å²) in [4.78, 5) is 133. The summed E-state index contributed by atoms with van der Waals surface area (Å²) in [5.41, 5.74) is 21.4. The number of imidazole rings is 1. The first-order valence-corrected chi connectivity index (χ1v) is 29.4. The molecule has 456 valence electrons. The molecule has 1 aliphatic rings. The van der Waals surface area contributed by atoms with Crippen LogP contribution in [0.15, 0.2) is 97.7 Å². The second-order valence-electron chi connectivity index (χ2n) is 22.3. The number of para-hydroxylation sites is 2. The second kappa shape index (κ2) is 31.9. The highest BCUT2D eigenvalue weighted by atomic mass is 16.3. The zero-order chi connectivity index (χ0) is 60.8. The Labute approximate surface area is 493 Å². The maximum absolute atomic E-state index is 15.3. The van der Waals surface area contributed by atoms with E-state index in [0.29, 0.717) is 74.0 Å². The van der Waals surface area contributed by atoms with E-state index in [1.54, 1.807) is 24.5 Å². The van der Waals surface area contributed by atoms with Gasteiger partial charge in [0.05, 0.1) is 6.33 Å². The average molecular weight is 1170 g/mol. The lowest BCUT2D eigenvalue weighted by Crippen LogP contribution is -2.62. The van der Waals surface area contributed by atoms with Crippen molar-refractivity contribution in [1.82, 2.24) is 62.5 Å². The van der Waals surface area contributed by atoms with Crippen LogP contribution in [0.25, 0.3) is 21.8 Å². The van der Waals surface area contributed by atoms with Crippen molar-refractivity contribution in [2.45, 2.75) is 152 Å². The highest BCUT2D eigenvalue weighted by Gasteiger charge is 2.37. The minimum Gasteiger partial charge on any atom is -0.508 e. The maximum atomic E-state index is 15.3. The van der Waals surface area contributed by atoms with Crippen LogP contribution in [0.5, 0.6) is 5.75 Å². The molecular weight excluding hydrogens is 1090 g/mol. The largest absolute Gasteiger partial charge is 0.508 e. The minimum absolute atomic E-state index is 0.0500. The number of nitrogens with one attached hydrogen (secondary N) is 11. The number of rotatable bonds is 22. The number of hydrogen-bond acceptors (Lipinski definition) is 13. The van der Waals surface area contributed by atoms with Crippen LogP contribution < -0.4 is 59.7 Å². The van der Waals surface area contributed by atoms with E-state index in [1.165, 1.54) is 24.7 Å². The molecule has 0 aliphatic carbocycles. The van der Waals surface area contributed by atoms with Crippen LogP contribution in [0.3, 0.4) is 0 Å². The zero-order valence-electron chi connectivity index (χ0n) is 48.3. The Hall–Kier alpha value is -8.61. The normalized spacial score (nSPS) is 22.0. The molecule has 8 atom stereocenters. The van der Waals surface area contributed by atoms with Gasteiger partial charge in [0, 0.05) is 71.8 Å². The third-order valence-corrected chi connectivity index (χ3v) is 15.2. The predicted molar refractivity (Wildman–Crippen MR) is 322 cm³/mol. The van der Waals surface area contributed by atoms with Gasteiger partial charge in [-0.05, 0) is 131 Å². The predicted octanol–water partition coefficient (Wildman–Crippen LogP) is 1.67. The maximum Gasteiger partial charge on any atom is 0.243 e. The van der Waals surface area contributed by atoms with E-state index in [0.717, 1.165) is 21.8 Å². The summed E-state index contributed by atoms with van der Waals surface area (Å²) in [6.45, 7) is 4.61. The third kappa shape index (κ3) is 18.7. The second-order valence-corrected chi connectivity index (χ2v) is 22.3. The summed E-state index contributed by atoms with van der Waals surface area (Å²) in [7, 11) is 0. The summed E-state index contributed by atoms with van der Waals surface area (Å²) in [5.74, 6) is -6.24. The van der Waals surface area contributed by atoms with Crippen molar-refractivity contribution >= 4 is 69.1 Å². The minimum atomic E-state index is -1.44. The first-order valence-electron chi connectivity index (χ1n) is 29.4. The van der Waals surface area contributed by atoms with E-state index in [2.05, 4.69) is 62.5 Å². The topological polar surface area (TPSA) is 391 Å². The summed E-state index contributed by atoms with van der Waals surface area (Å²) < 4.78 is 0. The fraction of sp³-hybridized carbons (Fsp3) is 0.459. The van der Waals surface area contributed by atoms with E-state index in [-0.39, 0.29) is 69.6 Å². The van der Waals surface area contributed by atoms with Crippen LogP contribution in [0.2, 0.25) is 0 Å². The molecule has 1 fully saturated rings. The van der Waals surface area contributed by atoms with Crippen LogP contribution in [0, 0.1) is 5.92 Å². The number of nitrogens with zero attached hydrogens (tertiary/aromatic N) is 1. The molecule has 0 spiro atoms. The van der Waals surface area contributed by atoms with Gasteiger partial charge >= 0.3 is 0 Å². The van der Waals surface area contributed by atoms with Crippen molar-refractivity contribution in [2.75, 3.05) is 19.6 Å². The summed E-state index contributed by atoms with van der Waals surface area (Å²) >= 11 is 0. The van der Waals surface area contributed by atoms with Gasteiger partial charge in [0.25, 0.3) is 0 Å². The average Bonchev–Trinajstić information content (AvgIpc) is 4.28. The molecule has 24 nitrogen and oxygen atoms in total. The summed E-state index contributed by atoms with van der Waals surface area (Å²) in [5, 5.41) is 34.7. The number of aromatic nitrogens is 4. The van der Waals surface area contributed by atoms with Crippen molar-refractivity contribution in [3.8, 4) is 5.75 Å². The third-order valence-electron chi connectivity index (χ3n) is 15.2. The Morgan fingerprint density at radius 3 is 1.20 bits per heavy atom. The Bertz CT molecular complexity index is 3180. The summed E-state index contributed by atoms with van der Waals surface area (Å²) in [6, 6.07) is 10.2. The molecule has 8 amide bonds. The van der Waals surface area contributed by atoms with Crippen LogP contribution in [-0.4, -0.2) is 140 Å². The first kappa shape index (κ1) is 64.0. The monoisotopic (exact) mass is 1170 g/mol. The number of benzene rings is 3. The smallest absolute Gasteiger partial charge is 0.243 e. The number of hydrogen-bond donors (Lipinski definition) is 15. The standard InChI is InChI=1S/C61H83N15O9/c1-36(2)27-49-57(81)74-52(30-39-33-67-45-16-6-4-14-43(39)45)60(84)75-51(29-38-32-66-44-15-5-3-13-42(38)44)59(83)73-50(28-37-20-22-41(77)23-21-37)58(82)76-53(31-40-34-65-35-68-40)61(85)71-47(18-8-11-25-63)55(79)69-46(17-7-10-24-62)54(78)70-48(56(80)72-49)19-9-12-26-64/h3-6,13-16,20-23,32-36,46-53,66-67,77H,7-12,17-19,24-31,62-64H2,1-2H3,(H,65,68)(H,69,79)(H,70,78)(H,71,85)(H,72,80)(H,73,83)(H,74,81)(H,75,84)(H,76,82)/t46-,47-,48-,49-,50-,51-,52-,53-/m0/s1. The van der Waals surface area contributed by atoms with Gasteiger partial charge in [0.2, 0.25) is 47.3 Å². The van der Waals surface area contributed by atoms with Crippen molar-refractivity contribution in [2.24, 2.45) is 23.1 Å². The molecule has 1 aliphatic heterocycles. The quantitative estimate of drug-likeness (QED) is 0.0431. The molecule has 7 rings (SSSR count). The number of amides is 8. The Kier molecular flexibility index (Phi) is 24.0. The highest BCUT2D eigenvalue weighted by Crippen LogP contribution is 2.23. The lowest BCUT2D eigenvalue weighted by atomic mass is 9.98. The van der Waals surface area contributed by atoms with E-state index in [9.17, 15) is 29.1 Å². The first-order chi connectivity index (χ1) is 41.0. The molecule has 85 heavy (non-hydrogen) atoms. The number of H-pyrrole nitrogens is 3. The highest BCUT2D eigenvalue weighted by molar-refractivity contribution is 6.00. The van der Waals surface area contributed by atoms with Crippen LogP contribution in [0.1, 0.15) is 100 Å². The van der Waals surface area contributed by atoms with Gasteiger partial charge in [-0.15, -0.1) is 0 Å². The number of phenols is 1. The van der Waals surface area contributed by atoms with Crippen molar-refractivity contribution in [3.05, 3.63) is 120 Å². The van der Waals surface area contributed by atoms with E-state index < -0.39 is 95.6 Å². The van der Waals surface area contributed by atoms with Gasteiger partial charge in [-0.25, -0.2) is 4.98 Å². The molecule has 0 unspecified atom stereocenters. The molecule has 0 radical (unpaired) electrons. The molecule has 0 saturated carbocycles. The number of fused-ring (bicyclic) bond motifs is 2. The van der Waals surface area contributed by atoms with E-state index in [4.69, 9.17) is 17.2 Å². The molecule has 18 N–H and O–H groups in total. The lowest BCUT2D eigenvalue weighted by molar-refractivity contribution is -0.137. The summed E-state index contributed by atoms with van der Waals surface area (Å²) in [6.07, 6.45) is 8.85. The van der Waals surface area contributed by atoms with Gasteiger partial charge in [-0.3, -0.25) is 38.4 Å². The Morgan fingerprint density at radius 2 is 0.800 bits per heavy atom. The van der Waals surface area contributed by atoms with Gasteiger partial charge in [0.15, 0.2) is 0 Å². The lowest BCUT2D eigenvalue weighted by Gasteiger charge is -2.29. The molecule has 6 aromatic rings. The number of carbonyl (C=O) groups excluding carboxylic acids is 8. The number of unbranched alkanes of at least 4 members (excludes halogenated alkanes) is 3. The van der Waals surface area contributed by atoms with Crippen molar-refractivity contribution in [3.63, 3.8) is 0 Å². The van der Waals surface area contributed by atoms with Crippen LogP contribution >= 0.6 is 0 Å². The van der Waals surface area contributed by atoms with Gasteiger partial charge in [0.1, 0.15) is 54.1 Å². The Balaban J connectivity index is 1.35. The SMILES string of the molecule is CC(C)C[C@@H]1NC(=O)[C@H](CCCCN)NC(=O)[C@H](CCCCN)NC(=O)[C@H](CCCCN)NC(=O)[C@H](Cc2cnc[nH]2)NC(=O)[C@H](Cc2ccc(O)cc2)NC(=O)[C@H](Cc2c[nH]c3ccccc23)NC(=O)[C@H](Cc2c[nH]c3ccccc23)NC1=O. The fourth-order valence-electron chi connectivity index (χ4n) is 10.5. The molecule has 1 saturated heterocycles. The van der Waals surface area contributed by atoms with Crippen molar-refractivity contribution in [1.29, 1.82) is 0 Å². The van der Waals surface area contributed by atoms with Gasteiger partial charge < -0.3 is 79.8 Å². The van der Waals surface area contributed by atoms with Crippen LogP contribution in [-0.2, 0) is 64.0 Å². The number of aromatic hydroxyl groups is 1. The van der Waals surface area contributed by atoms with E-state index >= 15 is 14.4 Å². The number of phenolic OH excluding ortho intramolecular Hbond substituents is 1. The molecule has 0 bridgehead atoms. The number of carbonyl (C=O) groups is 8. The van der Waals surface area contributed by atoms with E-state index in [1.807, 2.05) is 62.4 Å². The number of aromatic amines is 3. The van der Waals surface area contributed by atoms with Crippen molar-refractivity contribution < 1.29 is 43.5 Å². The van der Waals surface area contributed by atoms with Gasteiger partial charge in [-0.1, -0.05) is 62.4 Å². The zero-order valence-corrected chi connectivity index (χ0v) is 48.3. The molecular formula is C61H83N15O9. The van der Waals surface area contributed by atoms with Crippen LogP contribution in [0.4, 0.5) is 0 Å². The van der Waals surface area contributed by atoms with Gasteiger partial charge in [-0.2, -0.15) is 0 Å². The molecule has 4 heterocycles. The Morgan fingerprint density at radius 1 is 0.435 bits per heavy atom. The molecule has 24 heteroatoms. The fourth-order valence-corrected chi connectivity index (χ4v) is 10.5. The molecule has 3 aromatic carbocycles. The number of nitrogens with two attached hydrogens (primary N) is 3.